The molecule has 0 saturated carbocycles. The van der Waals surface area contributed by atoms with E-state index in [1.54, 1.807) is 11.8 Å². The number of aliphatic hydroxyl groups excluding tert-OH is 1. The van der Waals surface area contributed by atoms with Gasteiger partial charge in [-0.2, -0.15) is 4.98 Å². The average Bonchev–Trinajstić information content (AvgIpc) is 3.06. The maximum atomic E-state index is 9.49. The maximum Gasteiger partial charge on any atom is 0.243 e. The summed E-state index contributed by atoms with van der Waals surface area (Å²) in [5.41, 5.74) is 0. The van der Waals surface area contributed by atoms with Gasteiger partial charge in [0.15, 0.2) is 5.82 Å². The molecule has 2 atom stereocenters. The highest BCUT2D eigenvalue weighted by Gasteiger charge is 2.28. The van der Waals surface area contributed by atoms with E-state index in [1.165, 1.54) is 0 Å². The van der Waals surface area contributed by atoms with Crippen molar-refractivity contribution in [2.75, 3.05) is 6.54 Å². The second-order valence-electron chi connectivity index (χ2n) is 4.62. The van der Waals surface area contributed by atoms with Gasteiger partial charge in [0, 0.05) is 15.9 Å². The van der Waals surface area contributed by atoms with Crippen molar-refractivity contribution in [3.8, 4) is 0 Å². The number of β-amino-alcohol motifs (C(OH)–C–C–N with tert-alkyl or cyclic N) is 1. The normalized spacial score (nSPS) is 22.3. The fourth-order valence-electron chi connectivity index (χ4n) is 2.08. The standard InChI is InChI=1S/C13H14BrN3O2S/c14-9-3-1-2-4-11(9)20-7-12-16-13(19-17-12)10-5-8(18)6-15-10/h1-4,8,10,15,18H,5-7H2/t8-,10+/m0/s1. The zero-order chi connectivity index (χ0) is 13.9. The molecule has 0 radical (unpaired) electrons. The lowest BCUT2D eigenvalue weighted by atomic mass is 10.2. The van der Waals surface area contributed by atoms with E-state index in [0.29, 0.717) is 30.4 Å². The number of rotatable bonds is 4. The van der Waals surface area contributed by atoms with E-state index in [9.17, 15) is 5.11 Å². The topological polar surface area (TPSA) is 71.2 Å². The van der Waals surface area contributed by atoms with E-state index >= 15 is 0 Å². The van der Waals surface area contributed by atoms with Crippen molar-refractivity contribution in [2.24, 2.45) is 0 Å². The smallest absolute Gasteiger partial charge is 0.243 e. The zero-order valence-electron chi connectivity index (χ0n) is 10.6. The first-order valence-corrected chi connectivity index (χ1v) is 8.11. The minimum Gasteiger partial charge on any atom is -0.392 e. The summed E-state index contributed by atoms with van der Waals surface area (Å²) < 4.78 is 6.32. The first kappa shape index (κ1) is 14.1. The number of aromatic nitrogens is 2. The number of halogens is 1. The van der Waals surface area contributed by atoms with Crippen molar-refractivity contribution in [1.82, 2.24) is 15.5 Å². The molecular weight excluding hydrogens is 342 g/mol. The monoisotopic (exact) mass is 355 g/mol. The molecule has 1 aliphatic rings. The van der Waals surface area contributed by atoms with Gasteiger partial charge in [0.05, 0.1) is 17.9 Å². The van der Waals surface area contributed by atoms with Crippen LogP contribution in [0.25, 0.3) is 0 Å². The van der Waals surface area contributed by atoms with Crippen LogP contribution in [0.15, 0.2) is 38.2 Å². The van der Waals surface area contributed by atoms with Gasteiger partial charge in [-0.3, -0.25) is 0 Å². The molecule has 7 heteroatoms. The molecule has 0 bridgehead atoms. The molecule has 2 aromatic rings. The molecular formula is C13H14BrN3O2S. The first-order chi connectivity index (χ1) is 9.72. The van der Waals surface area contributed by atoms with Crippen molar-refractivity contribution < 1.29 is 9.63 Å². The van der Waals surface area contributed by atoms with Crippen LogP contribution in [0.4, 0.5) is 0 Å². The predicted molar refractivity (Wildman–Crippen MR) is 79.4 cm³/mol. The van der Waals surface area contributed by atoms with Gasteiger partial charge >= 0.3 is 0 Å². The molecule has 0 amide bonds. The Labute approximate surface area is 129 Å². The van der Waals surface area contributed by atoms with E-state index in [0.717, 1.165) is 9.37 Å². The average molecular weight is 356 g/mol. The second-order valence-corrected chi connectivity index (χ2v) is 6.49. The number of aliphatic hydroxyl groups is 1. The predicted octanol–water partition coefficient (Wildman–Crippen LogP) is 2.52. The van der Waals surface area contributed by atoms with Crippen molar-refractivity contribution in [1.29, 1.82) is 0 Å². The van der Waals surface area contributed by atoms with Crippen LogP contribution >= 0.6 is 27.7 Å². The van der Waals surface area contributed by atoms with Crippen LogP contribution in [0.1, 0.15) is 24.2 Å². The van der Waals surface area contributed by atoms with Crippen LogP contribution in [0.3, 0.4) is 0 Å². The summed E-state index contributed by atoms with van der Waals surface area (Å²) in [6, 6.07) is 8.01. The Morgan fingerprint density at radius 2 is 2.30 bits per heavy atom. The quantitative estimate of drug-likeness (QED) is 0.821. The highest BCUT2D eigenvalue weighted by Crippen LogP contribution is 2.29. The highest BCUT2D eigenvalue weighted by atomic mass is 79.9. The van der Waals surface area contributed by atoms with E-state index in [-0.39, 0.29) is 12.1 Å². The van der Waals surface area contributed by atoms with Gasteiger partial charge in [0.1, 0.15) is 0 Å². The summed E-state index contributed by atoms with van der Waals surface area (Å²) >= 11 is 5.17. The van der Waals surface area contributed by atoms with Gasteiger partial charge in [-0.05, 0) is 34.5 Å². The van der Waals surface area contributed by atoms with Crippen LogP contribution < -0.4 is 5.32 Å². The first-order valence-electron chi connectivity index (χ1n) is 6.33. The van der Waals surface area contributed by atoms with Crippen molar-refractivity contribution >= 4 is 27.7 Å². The minimum absolute atomic E-state index is 0.0280. The molecule has 0 spiro atoms. The summed E-state index contributed by atoms with van der Waals surface area (Å²) in [6.07, 6.45) is 0.295. The number of thioether (sulfide) groups is 1. The second kappa shape index (κ2) is 6.26. The Morgan fingerprint density at radius 1 is 1.45 bits per heavy atom. The molecule has 0 aliphatic carbocycles. The molecule has 2 N–H and O–H groups in total. The van der Waals surface area contributed by atoms with E-state index in [2.05, 4.69) is 31.4 Å². The number of nitrogens with one attached hydrogen (secondary N) is 1. The van der Waals surface area contributed by atoms with Crippen molar-refractivity contribution in [3.05, 3.63) is 40.5 Å². The van der Waals surface area contributed by atoms with Gasteiger partial charge in [0.2, 0.25) is 5.89 Å². The highest BCUT2D eigenvalue weighted by molar-refractivity contribution is 9.10. The summed E-state index contributed by atoms with van der Waals surface area (Å²) in [7, 11) is 0. The third kappa shape index (κ3) is 3.22. The minimum atomic E-state index is -0.329. The molecule has 20 heavy (non-hydrogen) atoms. The third-order valence-corrected chi connectivity index (χ3v) is 5.11. The summed E-state index contributed by atoms with van der Waals surface area (Å²) in [4.78, 5) is 5.53. The zero-order valence-corrected chi connectivity index (χ0v) is 13.0. The Kier molecular flexibility index (Phi) is 4.40. The number of hydrogen-bond acceptors (Lipinski definition) is 6. The van der Waals surface area contributed by atoms with Crippen LogP contribution in [-0.2, 0) is 5.75 Å². The van der Waals surface area contributed by atoms with E-state index in [1.807, 2.05) is 24.3 Å². The Hall–Kier alpha value is -0.890. The number of nitrogens with zero attached hydrogens (tertiary/aromatic N) is 2. The van der Waals surface area contributed by atoms with Gasteiger partial charge in [-0.1, -0.05) is 17.3 Å². The molecule has 1 aromatic heterocycles. The lowest BCUT2D eigenvalue weighted by molar-refractivity contribution is 0.191. The fourth-order valence-corrected chi connectivity index (χ4v) is 3.49. The Morgan fingerprint density at radius 3 is 3.05 bits per heavy atom. The number of hydrogen-bond donors (Lipinski definition) is 2. The van der Waals surface area contributed by atoms with Crippen molar-refractivity contribution in [2.45, 2.75) is 29.2 Å². The van der Waals surface area contributed by atoms with Gasteiger partial charge in [-0.25, -0.2) is 0 Å². The summed E-state index contributed by atoms with van der Waals surface area (Å²) in [6.45, 7) is 0.577. The van der Waals surface area contributed by atoms with Crippen LogP contribution in [0, 0.1) is 0 Å². The van der Waals surface area contributed by atoms with Gasteiger partial charge in [0.25, 0.3) is 0 Å². The SMILES string of the molecule is O[C@@H]1CN[C@@H](c2nc(CSc3ccccc3Br)no2)C1. The van der Waals surface area contributed by atoms with Gasteiger partial charge in [-0.15, -0.1) is 11.8 Å². The third-order valence-electron chi connectivity index (χ3n) is 3.08. The van der Waals surface area contributed by atoms with E-state index < -0.39 is 0 Å². The van der Waals surface area contributed by atoms with Gasteiger partial charge < -0.3 is 14.9 Å². The Bertz CT molecular complexity index is 593. The van der Waals surface area contributed by atoms with Crippen molar-refractivity contribution in [3.63, 3.8) is 0 Å². The summed E-state index contributed by atoms with van der Waals surface area (Å²) in [5.74, 6) is 1.88. The van der Waals surface area contributed by atoms with Crippen LogP contribution in [0.2, 0.25) is 0 Å². The number of benzene rings is 1. The molecule has 3 rings (SSSR count). The maximum absolute atomic E-state index is 9.49. The molecule has 2 heterocycles. The molecule has 5 nitrogen and oxygen atoms in total. The lowest BCUT2D eigenvalue weighted by Gasteiger charge is -2.02. The Balaban J connectivity index is 1.62. The molecule has 0 unspecified atom stereocenters. The molecule has 1 saturated heterocycles. The van der Waals surface area contributed by atoms with Crippen LogP contribution in [0.5, 0.6) is 0 Å². The fraction of sp³-hybridized carbons (Fsp3) is 0.385. The van der Waals surface area contributed by atoms with Crippen LogP contribution in [-0.4, -0.2) is 27.9 Å². The molecule has 1 aliphatic heterocycles. The molecule has 1 aromatic carbocycles. The lowest BCUT2D eigenvalue weighted by Crippen LogP contribution is -2.15. The van der Waals surface area contributed by atoms with E-state index in [4.69, 9.17) is 4.52 Å². The summed E-state index contributed by atoms with van der Waals surface area (Å²) in [5, 5.41) is 16.6. The largest absolute Gasteiger partial charge is 0.392 e. The molecule has 1 fully saturated rings. The molecule has 106 valence electrons.